The maximum atomic E-state index is 13.6. The van der Waals surface area contributed by atoms with E-state index in [1.165, 1.54) is 11.8 Å². The average Bonchev–Trinajstić information content (AvgIpc) is 3.53. The Hall–Kier alpha value is -3.20. The number of carbonyl (C=O) groups is 4. The lowest BCUT2D eigenvalue weighted by Gasteiger charge is -2.35. The molecule has 0 radical (unpaired) electrons. The SMILES string of the molecule is CCCC(CCC)(CCOC(C)=O)C(=O)N=CC1CC(CNC(=O)[C@@H]2CCCN2C(=O)[C@@H](Cc2ccccc2)NS(C)(=O)=O)CCN1N. The van der Waals surface area contributed by atoms with Crippen molar-refractivity contribution in [2.45, 2.75) is 103 Å². The van der Waals surface area contributed by atoms with E-state index in [1.54, 1.807) is 11.2 Å². The van der Waals surface area contributed by atoms with Gasteiger partial charge in [-0.15, -0.1) is 0 Å². The van der Waals surface area contributed by atoms with Crippen molar-refractivity contribution in [3.63, 3.8) is 0 Å². The summed E-state index contributed by atoms with van der Waals surface area (Å²) in [6, 6.07) is 7.14. The number of carbonyl (C=O) groups excluding carboxylic acids is 4. The molecule has 13 nitrogen and oxygen atoms in total. The first-order chi connectivity index (χ1) is 22.8. The van der Waals surface area contributed by atoms with Crippen LogP contribution in [0, 0.1) is 11.3 Å². The van der Waals surface area contributed by atoms with Gasteiger partial charge in [-0.3, -0.25) is 25.0 Å². The molecule has 4 N–H and O–H groups in total. The van der Waals surface area contributed by atoms with Crippen LogP contribution < -0.4 is 15.9 Å². The Morgan fingerprint density at radius 3 is 2.40 bits per heavy atom. The Labute approximate surface area is 285 Å². The lowest BCUT2D eigenvalue weighted by Crippen LogP contribution is -2.55. The highest BCUT2D eigenvalue weighted by molar-refractivity contribution is 7.88. The molecule has 2 unspecified atom stereocenters. The van der Waals surface area contributed by atoms with Crippen LogP contribution in [0.4, 0.5) is 0 Å². The zero-order chi connectivity index (χ0) is 35.3. The molecule has 2 saturated heterocycles. The third kappa shape index (κ3) is 11.7. The zero-order valence-electron chi connectivity index (χ0n) is 28.9. The number of sulfonamides is 1. The lowest BCUT2D eigenvalue weighted by atomic mass is 9.76. The molecule has 0 bridgehead atoms. The number of ether oxygens (including phenoxy) is 1. The lowest BCUT2D eigenvalue weighted by molar-refractivity contribution is -0.143. The highest BCUT2D eigenvalue weighted by Gasteiger charge is 2.39. The number of hydrogen-bond acceptors (Lipinski definition) is 9. The van der Waals surface area contributed by atoms with Crippen LogP contribution in [0.25, 0.3) is 0 Å². The molecular formula is C34H54N6O7S. The molecule has 14 heteroatoms. The van der Waals surface area contributed by atoms with Crippen molar-refractivity contribution in [1.29, 1.82) is 0 Å². The smallest absolute Gasteiger partial charge is 0.302 e. The number of benzene rings is 1. The highest BCUT2D eigenvalue weighted by atomic mass is 32.2. The summed E-state index contributed by atoms with van der Waals surface area (Å²) in [5.41, 5.74) is 0.0972. The number of nitrogens with zero attached hydrogens (tertiary/aromatic N) is 3. The molecule has 2 aliphatic heterocycles. The van der Waals surface area contributed by atoms with Crippen LogP contribution in [0.2, 0.25) is 0 Å². The van der Waals surface area contributed by atoms with Gasteiger partial charge >= 0.3 is 5.97 Å². The summed E-state index contributed by atoms with van der Waals surface area (Å²) < 4.78 is 31.9. The summed E-state index contributed by atoms with van der Waals surface area (Å²) in [5.74, 6) is 5.06. The monoisotopic (exact) mass is 690 g/mol. The van der Waals surface area contributed by atoms with Gasteiger partial charge in [0.15, 0.2) is 0 Å². The Morgan fingerprint density at radius 2 is 1.77 bits per heavy atom. The van der Waals surface area contributed by atoms with Crippen LogP contribution in [-0.2, 0) is 40.4 Å². The molecule has 1 aromatic carbocycles. The van der Waals surface area contributed by atoms with Gasteiger partial charge in [0.1, 0.15) is 12.1 Å². The van der Waals surface area contributed by atoms with Gasteiger partial charge in [0.25, 0.3) is 5.91 Å². The quantitative estimate of drug-likeness (QED) is 0.126. The molecule has 3 rings (SSSR count). The molecular weight excluding hydrogens is 636 g/mol. The summed E-state index contributed by atoms with van der Waals surface area (Å²) in [5, 5.41) is 4.68. The standard InChI is InChI=1S/C34H54N6O7S/c1-5-15-34(16-6-2,17-20-47-25(3)41)33(44)37-24-28-21-27(14-19-40(28)35)23-36-31(42)30-13-10-18-39(30)32(43)29(38-48(4,45)46)22-26-11-8-7-9-12-26/h7-9,11-12,24,27-30,38H,5-6,10,13-23,35H2,1-4H3,(H,36,42)/t27?,28?,29-,30+/m1/s1. The number of esters is 1. The van der Waals surface area contributed by atoms with E-state index in [-0.39, 0.29) is 42.8 Å². The molecule has 2 aliphatic rings. The van der Waals surface area contributed by atoms with Gasteiger partial charge in [-0.1, -0.05) is 57.0 Å². The number of hydrazine groups is 1. The van der Waals surface area contributed by atoms with E-state index in [2.05, 4.69) is 15.0 Å². The fraction of sp³-hybridized carbons (Fsp3) is 0.676. The summed E-state index contributed by atoms with van der Waals surface area (Å²) in [4.78, 5) is 57.8. The largest absolute Gasteiger partial charge is 0.466 e. The summed E-state index contributed by atoms with van der Waals surface area (Å²) >= 11 is 0. The summed E-state index contributed by atoms with van der Waals surface area (Å²) in [6.45, 7) is 6.84. The van der Waals surface area contributed by atoms with Gasteiger partial charge in [0.05, 0.1) is 24.3 Å². The maximum Gasteiger partial charge on any atom is 0.302 e. The maximum absolute atomic E-state index is 13.6. The van der Waals surface area contributed by atoms with Crippen LogP contribution in [0.3, 0.4) is 0 Å². The van der Waals surface area contributed by atoms with Gasteiger partial charge in [-0.05, 0) is 62.8 Å². The van der Waals surface area contributed by atoms with Crippen molar-refractivity contribution >= 4 is 39.9 Å². The summed E-state index contributed by atoms with van der Waals surface area (Å²) in [6.07, 6.45) is 8.52. The first-order valence-corrected chi connectivity index (χ1v) is 19.0. The third-order valence-corrected chi connectivity index (χ3v) is 10.0. The number of amides is 3. The van der Waals surface area contributed by atoms with Crippen LogP contribution in [-0.4, -0.2) is 98.9 Å². The Bertz CT molecular complexity index is 1370. The van der Waals surface area contributed by atoms with Crippen LogP contribution in [0.15, 0.2) is 35.3 Å². The first kappa shape index (κ1) is 39.2. The van der Waals surface area contributed by atoms with E-state index in [0.29, 0.717) is 58.2 Å². The van der Waals surface area contributed by atoms with Crippen LogP contribution >= 0.6 is 0 Å². The van der Waals surface area contributed by atoms with E-state index in [4.69, 9.17) is 10.6 Å². The third-order valence-electron chi connectivity index (χ3n) is 9.30. The molecule has 2 heterocycles. The number of piperidine rings is 1. The predicted molar refractivity (Wildman–Crippen MR) is 184 cm³/mol. The topological polar surface area (TPSA) is 181 Å². The van der Waals surface area contributed by atoms with Crippen molar-refractivity contribution in [2.75, 3.05) is 32.5 Å². The number of hydrogen-bond donors (Lipinski definition) is 3. The molecule has 268 valence electrons. The Balaban J connectivity index is 1.63. The number of likely N-dealkylation sites (tertiary alicyclic amines) is 1. The van der Waals surface area contributed by atoms with Gasteiger partial charge < -0.3 is 15.0 Å². The fourth-order valence-corrected chi connectivity index (χ4v) is 7.61. The molecule has 4 atom stereocenters. The average molecular weight is 691 g/mol. The van der Waals surface area contributed by atoms with Gasteiger partial charge in [0, 0.05) is 32.8 Å². The first-order valence-electron chi connectivity index (χ1n) is 17.1. The van der Waals surface area contributed by atoms with Crippen molar-refractivity contribution in [1.82, 2.24) is 19.9 Å². The minimum Gasteiger partial charge on any atom is -0.466 e. The zero-order valence-corrected chi connectivity index (χ0v) is 29.7. The Morgan fingerprint density at radius 1 is 1.08 bits per heavy atom. The molecule has 48 heavy (non-hydrogen) atoms. The predicted octanol–water partition coefficient (Wildman–Crippen LogP) is 2.35. The van der Waals surface area contributed by atoms with E-state index in [1.807, 2.05) is 44.2 Å². The van der Waals surface area contributed by atoms with Crippen LogP contribution in [0.5, 0.6) is 0 Å². The van der Waals surface area contributed by atoms with Crippen molar-refractivity contribution in [3.8, 4) is 0 Å². The molecule has 0 aliphatic carbocycles. The molecule has 1 aromatic rings. The van der Waals surface area contributed by atoms with Gasteiger partial charge in [-0.2, -0.15) is 0 Å². The molecule has 0 aromatic heterocycles. The summed E-state index contributed by atoms with van der Waals surface area (Å²) in [7, 11) is -3.68. The second-order valence-corrected chi connectivity index (χ2v) is 15.0. The van der Waals surface area contributed by atoms with E-state index in [9.17, 15) is 27.6 Å². The number of rotatable bonds is 17. The van der Waals surface area contributed by atoms with Crippen molar-refractivity contribution in [3.05, 3.63) is 35.9 Å². The minimum atomic E-state index is -3.68. The number of nitrogens with two attached hydrogens (primary N) is 1. The van der Waals surface area contributed by atoms with E-state index in [0.717, 1.165) is 31.1 Å². The number of nitrogens with one attached hydrogen (secondary N) is 2. The van der Waals surface area contributed by atoms with Gasteiger partial charge in [0.2, 0.25) is 21.8 Å². The Kier molecular flexibility index (Phi) is 15.1. The molecule has 3 amide bonds. The van der Waals surface area contributed by atoms with Crippen LogP contribution in [0.1, 0.15) is 84.1 Å². The highest BCUT2D eigenvalue weighted by Crippen LogP contribution is 2.36. The molecule has 0 spiro atoms. The van der Waals surface area contributed by atoms with Crippen molar-refractivity contribution < 1.29 is 32.3 Å². The van der Waals surface area contributed by atoms with Crippen molar-refractivity contribution in [2.24, 2.45) is 22.2 Å². The van der Waals surface area contributed by atoms with Gasteiger partial charge in [-0.25, -0.2) is 23.1 Å². The normalized spacial score (nSPS) is 21.3. The molecule has 0 saturated carbocycles. The minimum absolute atomic E-state index is 0.0728. The second kappa shape index (κ2) is 18.5. The molecule has 2 fully saturated rings. The fourth-order valence-electron chi connectivity index (χ4n) is 6.91. The van der Waals surface area contributed by atoms with E-state index < -0.39 is 33.4 Å². The second-order valence-electron chi connectivity index (χ2n) is 13.2. The van der Waals surface area contributed by atoms with E-state index >= 15 is 0 Å². The number of aliphatic imine (C=N–C) groups is 1.